The van der Waals surface area contributed by atoms with Crippen LogP contribution in [0, 0.1) is 5.82 Å². The number of fused-ring (bicyclic) bond motifs is 1. The summed E-state index contributed by atoms with van der Waals surface area (Å²) in [6.45, 7) is 12.3. The molecule has 262 valence electrons. The summed E-state index contributed by atoms with van der Waals surface area (Å²) in [5.74, 6) is 0.0657. The fraction of sp³-hybridized carbons (Fsp3) is 0.528. The molecule has 1 saturated heterocycles. The Labute approximate surface area is 290 Å². The van der Waals surface area contributed by atoms with Crippen LogP contribution in [0.5, 0.6) is 0 Å². The number of carbonyl (C=O) groups is 2. The summed E-state index contributed by atoms with van der Waals surface area (Å²) in [7, 11) is 3.57. The molecule has 0 bridgehead atoms. The first-order valence-corrected chi connectivity index (χ1v) is 17.6. The number of anilines is 1. The van der Waals surface area contributed by atoms with Gasteiger partial charge in [-0.25, -0.2) is 23.9 Å². The number of rotatable bonds is 7. The number of hydrogen-bond acceptors (Lipinski definition) is 9. The van der Waals surface area contributed by atoms with Gasteiger partial charge >= 0.3 is 12.2 Å². The molecule has 2 fully saturated rings. The summed E-state index contributed by atoms with van der Waals surface area (Å²) in [4.78, 5) is 38.1. The minimum atomic E-state index is -0.761. The van der Waals surface area contributed by atoms with Gasteiger partial charge in [0.15, 0.2) is 0 Å². The van der Waals surface area contributed by atoms with Crippen LogP contribution in [0.4, 0.5) is 19.8 Å². The SMILES string of the molecule is CN(Cc1nc(-c2cnc(NC(=O)OC(C)(C)C)c3c(F)c(-c4cnn(C)c4C4CC4)ccc23)sc1C1CCOCC1)C(=O)OC(C)(C)C. The number of carbonyl (C=O) groups excluding carboxylic acids is 2. The molecule has 2 amide bonds. The molecule has 1 aliphatic heterocycles. The van der Waals surface area contributed by atoms with Crippen LogP contribution in [0.2, 0.25) is 0 Å². The van der Waals surface area contributed by atoms with Crippen LogP contribution in [0.25, 0.3) is 32.5 Å². The number of nitrogens with zero attached hydrogens (tertiary/aromatic N) is 5. The maximum absolute atomic E-state index is 17.0. The molecule has 2 aliphatic rings. The quantitative estimate of drug-likeness (QED) is 0.205. The van der Waals surface area contributed by atoms with Crippen molar-refractivity contribution >= 4 is 40.1 Å². The van der Waals surface area contributed by atoms with Crippen molar-refractivity contribution in [2.24, 2.45) is 7.05 Å². The number of aromatic nitrogens is 4. The molecule has 1 aliphatic carbocycles. The summed E-state index contributed by atoms with van der Waals surface area (Å²) in [6.07, 6.45) is 5.85. The lowest BCUT2D eigenvalue weighted by molar-refractivity contribution is 0.0281. The Morgan fingerprint density at radius 2 is 1.69 bits per heavy atom. The van der Waals surface area contributed by atoms with Crippen molar-refractivity contribution in [3.05, 3.63) is 46.6 Å². The highest BCUT2D eigenvalue weighted by Gasteiger charge is 2.32. The molecule has 49 heavy (non-hydrogen) atoms. The summed E-state index contributed by atoms with van der Waals surface area (Å²) in [5.41, 5.74) is 2.07. The van der Waals surface area contributed by atoms with E-state index in [-0.39, 0.29) is 23.7 Å². The van der Waals surface area contributed by atoms with Crippen molar-refractivity contribution in [3.8, 4) is 21.7 Å². The van der Waals surface area contributed by atoms with E-state index in [0.29, 0.717) is 40.7 Å². The van der Waals surface area contributed by atoms with E-state index in [0.717, 1.165) is 47.5 Å². The van der Waals surface area contributed by atoms with Crippen LogP contribution in [-0.2, 0) is 27.8 Å². The van der Waals surface area contributed by atoms with E-state index in [9.17, 15) is 9.59 Å². The van der Waals surface area contributed by atoms with Crippen molar-refractivity contribution in [1.29, 1.82) is 0 Å². The molecule has 0 unspecified atom stereocenters. The Morgan fingerprint density at radius 1 is 1.00 bits per heavy atom. The molecule has 0 atom stereocenters. The van der Waals surface area contributed by atoms with Gasteiger partial charge in [-0.15, -0.1) is 11.3 Å². The van der Waals surface area contributed by atoms with Crippen molar-refractivity contribution in [2.45, 2.75) is 96.8 Å². The monoisotopic (exact) mass is 692 g/mol. The molecule has 0 radical (unpaired) electrons. The van der Waals surface area contributed by atoms with Crippen molar-refractivity contribution in [1.82, 2.24) is 24.6 Å². The minimum Gasteiger partial charge on any atom is -0.444 e. The molecule has 0 spiro atoms. The summed E-state index contributed by atoms with van der Waals surface area (Å²) >= 11 is 1.52. The molecule has 3 aromatic heterocycles. The van der Waals surface area contributed by atoms with Gasteiger partial charge in [-0.1, -0.05) is 12.1 Å². The van der Waals surface area contributed by atoms with E-state index in [1.165, 1.54) is 16.2 Å². The number of pyridine rings is 1. The third-order valence-corrected chi connectivity index (χ3v) is 9.79. The van der Waals surface area contributed by atoms with Gasteiger partial charge < -0.3 is 19.1 Å². The zero-order valence-electron chi connectivity index (χ0n) is 29.5. The fourth-order valence-corrected chi connectivity index (χ4v) is 7.43. The second-order valence-electron chi connectivity index (χ2n) is 14.9. The predicted octanol–water partition coefficient (Wildman–Crippen LogP) is 8.38. The molecule has 4 aromatic rings. The van der Waals surface area contributed by atoms with Crippen LogP contribution in [-0.4, -0.2) is 68.3 Å². The molecule has 6 rings (SSSR count). The van der Waals surface area contributed by atoms with Gasteiger partial charge in [0, 0.05) is 72.1 Å². The molecule has 13 heteroatoms. The number of thiazole rings is 1. The van der Waals surface area contributed by atoms with Crippen molar-refractivity contribution in [2.75, 3.05) is 25.6 Å². The predicted molar refractivity (Wildman–Crippen MR) is 187 cm³/mol. The number of hydrogen-bond donors (Lipinski definition) is 1. The fourth-order valence-electron chi connectivity index (χ4n) is 6.16. The van der Waals surface area contributed by atoms with Gasteiger partial charge in [0.2, 0.25) is 0 Å². The lowest BCUT2D eigenvalue weighted by Crippen LogP contribution is -2.34. The summed E-state index contributed by atoms with van der Waals surface area (Å²) in [5, 5.41) is 8.49. The highest BCUT2D eigenvalue weighted by atomic mass is 32.1. The summed E-state index contributed by atoms with van der Waals surface area (Å²) in [6, 6.07) is 3.63. The Balaban J connectivity index is 1.47. The molecule has 1 aromatic carbocycles. The van der Waals surface area contributed by atoms with Gasteiger partial charge in [-0.05, 0) is 73.1 Å². The Hall–Kier alpha value is -4.10. The molecular weight excluding hydrogens is 647 g/mol. The average Bonchev–Trinajstić information content (AvgIpc) is 3.65. The van der Waals surface area contributed by atoms with Crippen molar-refractivity contribution in [3.63, 3.8) is 0 Å². The molecular formula is C36H45FN6O5S. The Bertz CT molecular complexity index is 1880. The van der Waals surface area contributed by atoms with E-state index in [4.69, 9.17) is 19.2 Å². The first-order chi connectivity index (χ1) is 23.1. The number of halogens is 1. The maximum Gasteiger partial charge on any atom is 0.413 e. The zero-order chi connectivity index (χ0) is 35.2. The van der Waals surface area contributed by atoms with Crippen LogP contribution < -0.4 is 5.32 Å². The van der Waals surface area contributed by atoms with Gasteiger partial charge in [0.05, 0.1) is 23.8 Å². The van der Waals surface area contributed by atoms with E-state index in [2.05, 4.69) is 15.4 Å². The molecule has 1 N–H and O–H groups in total. The smallest absolute Gasteiger partial charge is 0.413 e. The van der Waals surface area contributed by atoms with E-state index in [1.807, 2.05) is 38.6 Å². The number of amides is 2. The highest BCUT2D eigenvalue weighted by molar-refractivity contribution is 7.15. The second kappa shape index (κ2) is 13.3. The normalized spacial score (nSPS) is 15.8. The van der Waals surface area contributed by atoms with Gasteiger partial charge in [-0.2, -0.15) is 5.10 Å². The van der Waals surface area contributed by atoms with Gasteiger partial charge in [0.25, 0.3) is 0 Å². The molecule has 1 saturated carbocycles. The largest absolute Gasteiger partial charge is 0.444 e. The number of aryl methyl sites for hydroxylation is 1. The average molecular weight is 693 g/mol. The van der Waals surface area contributed by atoms with E-state index >= 15 is 4.39 Å². The van der Waals surface area contributed by atoms with Gasteiger partial charge in [-0.3, -0.25) is 10.00 Å². The lowest BCUT2D eigenvalue weighted by atomic mass is 9.97. The van der Waals surface area contributed by atoms with Crippen LogP contribution in [0.15, 0.2) is 24.5 Å². The van der Waals surface area contributed by atoms with Crippen LogP contribution in [0.3, 0.4) is 0 Å². The van der Waals surface area contributed by atoms with Crippen molar-refractivity contribution < 1.29 is 28.2 Å². The first-order valence-electron chi connectivity index (χ1n) is 16.7. The number of ether oxygens (including phenoxy) is 3. The lowest BCUT2D eigenvalue weighted by Gasteiger charge is -2.25. The standard InChI is InChI=1S/C36H45FN6O5S/c1-35(2,3)47-33(44)41-31-27-22(11-12-23(28(27)37)24-18-39-43(8)29(24)20-9-10-20)25(17-38-31)32-40-26(19-42(7)34(45)48-36(4,5)6)30(49-32)21-13-15-46-16-14-21/h11-12,17-18,20-21H,9-10,13-16,19H2,1-8H3,(H,38,41,44). The molecule has 11 nitrogen and oxygen atoms in total. The van der Waals surface area contributed by atoms with Gasteiger partial charge in [0.1, 0.15) is 27.8 Å². The third kappa shape index (κ3) is 7.72. The van der Waals surface area contributed by atoms with E-state index in [1.54, 1.807) is 46.3 Å². The first kappa shape index (κ1) is 34.8. The Morgan fingerprint density at radius 3 is 2.35 bits per heavy atom. The number of benzene rings is 1. The highest BCUT2D eigenvalue weighted by Crippen LogP contribution is 2.47. The van der Waals surface area contributed by atoms with Crippen LogP contribution >= 0.6 is 11.3 Å². The zero-order valence-corrected chi connectivity index (χ0v) is 30.3. The third-order valence-electron chi connectivity index (χ3n) is 8.49. The molecule has 4 heterocycles. The minimum absolute atomic E-state index is 0.0512. The van der Waals surface area contributed by atoms with Crippen LogP contribution in [0.1, 0.15) is 95.3 Å². The number of nitrogens with one attached hydrogen (secondary N) is 1. The maximum atomic E-state index is 17.0. The Kier molecular flexibility index (Phi) is 9.44. The second-order valence-corrected chi connectivity index (χ2v) is 15.9. The summed E-state index contributed by atoms with van der Waals surface area (Å²) < 4.78 is 35.6. The topological polar surface area (TPSA) is 121 Å². The van der Waals surface area contributed by atoms with E-state index < -0.39 is 29.2 Å².